The van der Waals surface area contributed by atoms with Gasteiger partial charge in [-0.3, -0.25) is 9.69 Å². The molecule has 0 N–H and O–H groups in total. The molecule has 1 unspecified atom stereocenters. The number of benzene rings is 2. The average molecular weight is 385 g/mol. The summed E-state index contributed by atoms with van der Waals surface area (Å²) in [4.78, 5) is 15.1. The van der Waals surface area contributed by atoms with Crippen molar-refractivity contribution in [2.75, 3.05) is 7.05 Å². The van der Waals surface area contributed by atoms with Crippen LogP contribution >= 0.6 is 0 Å². The van der Waals surface area contributed by atoms with Gasteiger partial charge < -0.3 is 0 Å². The third kappa shape index (κ3) is 4.49. The second kappa shape index (κ2) is 8.95. The predicted octanol–water partition coefficient (Wildman–Crippen LogP) is 5.89. The van der Waals surface area contributed by atoms with Crippen molar-refractivity contribution in [2.24, 2.45) is 0 Å². The number of hydrogen-bond donors (Lipinski definition) is 0. The monoisotopic (exact) mass is 385 g/mol. The van der Waals surface area contributed by atoms with Crippen LogP contribution < -0.4 is 0 Å². The molecule has 1 aliphatic carbocycles. The molecule has 3 rings (SSSR count). The Labute approximate surface area is 166 Å². The Morgan fingerprint density at radius 2 is 1.64 bits per heavy atom. The van der Waals surface area contributed by atoms with Crippen molar-refractivity contribution in [1.29, 1.82) is 0 Å². The lowest BCUT2D eigenvalue weighted by molar-refractivity contribution is 0.0733. The molecule has 2 nitrogen and oxygen atoms in total. The zero-order valence-electron chi connectivity index (χ0n) is 16.9. The highest BCUT2D eigenvalue weighted by molar-refractivity contribution is 6.00. The van der Waals surface area contributed by atoms with Gasteiger partial charge in [0, 0.05) is 11.6 Å². The van der Waals surface area contributed by atoms with Gasteiger partial charge in [0.1, 0.15) is 11.6 Å². The van der Waals surface area contributed by atoms with E-state index < -0.39 is 0 Å². The van der Waals surface area contributed by atoms with Crippen molar-refractivity contribution in [3.63, 3.8) is 0 Å². The molecule has 0 heterocycles. The summed E-state index contributed by atoms with van der Waals surface area (Å²) in [5, 5.41) is 0. The van der Waals surface area contributed by atoms with Gasteiger partial charge in [-0.05, 0) is 99.5 Å². The quantitative estimate of drug-likeness (QED) is 0.578. The zero-order valence-corrected chi connectivity index (χ0v) is 16.9. The minimum absolute atomic E-state index is 0.0569. The van der Waals surface area contributed by atoms with E-state index in [4.69, 9.17) is 0 Å². The van der Waals surface area contributed by atoms with Crippen LogP contribution in [0.4, 0.5) is 8.78 Å². The van der Waals surface area contributed by atoms with E-state index in [1.54, 1.807) is 24.3 Å². The highest BCUT2D eigenvalue weighted by Crippen LogP contribution is 2.36. The largest absolute Gasteiger partial charge is 0.293 e. The van der Waals surface area contributed by atoms with Crippen LogP contribution in [0.1, 0.15) is 66.4 Å². The Hall–Kier alpha value is -2.07. The summed E-state index contributed by atoms with van der Waals surface area (Å²) in [7, 11) is 2.03. The molecule has 2 aromatic rings. The molecule has 4 heteroatoms. The van der Waals surface area contributed by atoms with Crippen LogP contribution in [0.5, 0.6) is 0 Å². The van der Waals surface area contributed by atoms with Crippen molar-refractivity contribution < 1.29 is 13.6 Å². The van der Waals surface area contributed by atoms with Gasteiger partial charge in [0.05, 0.1) is 6.04 Å². The fraction of sp³-hybridized carbons (Fsp3) is 0.458. The van der Waals surface area contributed by atoms with Gasteiger partial charge in [-0.25, -0.2) is 8.78 Å². The van der Waals surface area contributed by atoms with Crippen LogP contribution in [-0.4, -0.2) is 29.8 Å². The third-order valence-corrected chi connectivity index (χ3v) is 6.25. The number of rotatable bonds is 6. The van der Waals surface area contributed by atoms with Crippen LogP contribution in [0.3, 0.4) is 0 Å². The normalized spacial score (nSPS) is 20.9. The molecule has 0 aromatic heterocycles. The Kier molecular flexibility index (Phi) is 6.61. The van der Waals surface area contributed by atoms with E-state index in [2.05, 4.69) is 4.90 Å². The summed E-state index contributed by atoms with van der Waals surface area (Å²) in [6, 6.07) is 11.1. The van der Waals surface area contributed by atoms with Gasteiger partial charge in [0.2, 0.25) is 0 Å². The van der Waals surface area contributed by atoms with E-state index in [9.17, 15) is 13.6 Å². The summed E-state index contributed by atoms with van der Waals surface area (Å²) in [6.45, 7) is 4.00. The third-order valence-electron chi connectivity index (χ3n) is 6.25. The fourth-order valence-electron chi connectivity index (χ4n) is 4.61. The van der Waals surface area contributed by atoms with Crippen molar-refractivity contribution >= 4 is 5.78 Å². The molecule has 150 valence electrons. The number of aryl methyl sites for hydroxylation is 1. The first-order valence-corrected chi connectivity index (χ1v) is 10.2. The van der Waals surface area contributed by atoms with Gasteiger partial charge in [-0.15, -0.1) is 0 Å². The lowest BCUT2D eigenvalue weighted by atomic mass is 9.79. The van der Waals surface area contributed by atoms with E-state index in [1.807, 2.05) is 27.0 Å². The van der Waals surface area contributed by atoms with Gasteiger partial charge in [0.25, 0.3) is 0 Å². The number of halogens is 2. The molecule has 0 bridgehead atoms. The maximum Gasteiger partial charge on any atom is 0.179 e. The van der Waals surface area contributed by atoms with Crippen LogP contribution in [0.2, 0.25) is 0 Å². The van der Waals surface area contributed by atoms with Gasteiger partial charge in [-0.1, -0.05) is 13.0 Å². The molecule has 0 aliphatic heterocycles. The standard InChI is InChI=1S/C24H29F2NO/c1-4-23(24(28)18-5-9-19(25)10-6-18)27(3)21-12-7-17(8-13-21)22-14-11-20(26)15-16(22)2/h5-6,9-11,14-15,17,21,23H,4,7-8,12-13H2,1-3H3. The van der Waals surface area contributed by atoms with E-state index in [0.717, 1.165) is 37.7 Å². The molecule has 1 saturated carbocycles. The Balaban J connectivity index is 1.65. The van der Waals surface area contributed by atoms with Crippen LogP contribution in [0, 0.1) is 18.6 Å². The van der Waals surface area contributed by atoms with Crippen LogP contribution in [0.25, 0.3) is 0 Å². The lowest BCUT2D eigenvalue weighted by Crippen LogP contribution is -2.45. The van der Waals surface area contributed by atoms with Crippen molar-refractivity contribution in [1.82, 2.24) is 4.90 Å². The molecule has 1 fully saturated rings. The maximum absolute atomic E-state index is 13.4. The van der Waals surface area contributed by atoms with Crippen LogP contribution in [-0.2, 0) is 0 Å². The van der Waals surface area contributed by atoms with E-state index in [-0.39, 0.29) is 23.5 Å². The first-order valence-electron chi connectivity index (χ1n) is 10.2. The minimum Gasteiger partial charge on any atom is -0.293 e. The fourth-order valence-corrected chi connectivity index (χ4v) is 4.61. The van der Waals surface area contributed by atoms with Gasteiger partial charge in [0.15, 0.2) is 5.78 Å². The number of Topliss-reactive ketones (excluding diaryl/α,β-unsaturated/α-hetero) is 1. The smallest absolute Gasteiger partial charge is 0.179 e. The Morgan fingerprint density at radius 1 is 1.04 bits per heavy atom. The van der Waals surface area contributed by atoms with Crippen molar-refractivity contribution in [3.05, 3.63) is 70.8 Å². The molecule has 0 amide bonds. The molecule has 2 aromatic carbocycles. The summed E-state index contributed by atoms with van der Waals surface area (Å²) in [5.41, 5.74) is 2.84. The number of hydrogen-bond acceptors (Lipinski definition) is 2. The lowest BCUT2D eigenvalue weighted by Gasteiger charge is -2.38. The molecule has 0 radical (unpaired) electrons. The summed E-state index contributed by atoms with van der Waals surface area (Å²) in [6.07, 6.45) is 4.85. The highest BCUT2D eigenvalue weighted by atomic mass is 19.1. The topological polar surface area (TPSA) is 20.3 Å². The molecule has 1 atom stereocenters. The molecular weight excluding hydrogens is 356 g/mol. The number of ketones is 1. The summed E-state index contributed by atoms with van der Waals surface area (Å²) < 4.78 is 26.6. The minimum atomic E-state index is -0.327. The first-order chi connectivity index (χ1) is 13.4. The van der Waals surface area contributed by atoms with Crippen molar-refractivity contribution in [3.8, 4) is 0 Å². The van der Waals surface area contributed by atoms with Gasteiger partial charge in [-0.2, -0.15) is 0 Å². The zero-order chi connectivity index (χ0) is 20.3. The molecule has 28 heavy (non-hydrogen) atoms. The summed E-state index contributed by atoms with van der Waals surface area (Å²) >= 11 is 0. The highest BCUT2D eigenvalue weighted by Gasteiger charge is 2.31. The number of carbonyl (C=O) groups is 1. The number of likely N-dealkylation sites (N-methyl/N-ethyl adjacent to an activating group) is 1. The van der Waals surface area contributed by atoms with E-state index >= 15 is 0 Å². The molecular formula is C24H29F2NO. The molecule has 1 aliphatic rings. The second-order valence-electron chi connectivity index (χ2n) is 7.97. The number of nitrogens with zero attached hydrogens (tertiary/aromatic N) is 1. The van der Waals surface area contributed by atoms with Crippen LogP contribution in [0.15, 0.2) is 42.5 Å². The maximum atomic E-state index is 13.4. The van der Waals surface area contributed by atoms with Gasteiger partial charge >= 0.3 is 0 Å². The van der Waals surface area contributed by atoms with E-state index in [0.29, 0.717) is 17.5 Å². The average Bonchev–Trinajstić information content (AvgIpc) is 2.69. The predicted molar refractivity (Wildman–Crippen MR) is 109 cm³/mol. The SMILES string of the molecule is CCC(C(=O)c1ccc(F)cc1)N(C)C1CCC(c2ccc(F)cc2C)CC1. The Bertz CT molecular complexity index is 810. The summed E-state index contributed by atoms with van der Waals surface area (Å²) in [5.74, 6) is 0.00625. The number of carbonyl (C=O) groups excluding carboxylic acids is 1. The van der Waals surface area contributed by atoms with E-state index in [1.165, 1.54) is 17.7 Å². The first kappa shape index (κ1) is 20.7. The molecule has 0 saturated heterocycles. The second-order valence-corrected chi connectivity index (χ2v) is 7.97. The molecule has 0 spiro atoms. The van der Waals surface area contributed by atoms with Crippen molar-refractivity contribution in [2.45, 2.75) is 64.0 Å². The Morgan fingerprint density at radius 3 is 2.21 bits per heavy atom.